The van der Waals surface area contributed by atoms with Crippen molar-refractivity contribution in [3.8, 4) is 56.2 Å². The zero-order chi connectivity index (χ0) is 42.2. The first-order valence-electron chi connectivity index (χ1n) is 21.3. The van der Waals surface area contributed by atoms with Gasteiger partial charge in [-0.3, -0.25) is 0 Å². The lowest BCUT2D eigenvalue weighted by Gasteiger charge is -2.32. The molecule has 2 aliphatic rings. The van der Waals surface area contributed by atoms with Crippen LogP contribution in [0.2, 0.25) is 0 Å². The van der Waals surface area contributed by atoms with Crippen molar-refractivity contribution in [2.75, 3.05) is 0 Å². The average molecular weight is 796 g/mol. The zero-order valence-electron chi connectivity index (χ0n) is 35.2. The highest BCUT2D eigenvalue weighted by Crippen LogP contribution is 2.65. The largest absolute Gasteiger partial charge is 0.208 e. The summed E-state index contributed by atoms with van der Waals surface area (Å²) in [4.78, 5) is 15.2. The predicted octanol–water partition coefficient (Wildman–Crippen LogP) is 14.9. The van der Waals surface area contributed by atoms with Gasteiger partial charge in [0.25, 0.3) is 0 Å². The molecule has 7 aromatic carbocycles. The van der Waals surface area contributed by atoms with Crippen molar-refractivity contribution in [2.45, 2.75) is 26.2 Å². The van der Waals surface area contributed by atoms with Crippen LogP contribution in [0.5, 0.6) is 0 Å². The van der Waals surface area contributed by atoms with E-state index in [1.54, 1.807) is 0 Å². The first-order chi connectivity index (χ1) is 30.6. The molecule has 0 N–H and O–H groups in total. The van der Waals surface area contributed by atoms with E-state index in [-0.39, 0.29) is 0 Å². The number of allylic oxidation sites excluding steroid dienone is 9. The maximum absolute atomic E-state index is 5.11. The summed E-state index contributed by atoms with van der Waals surface area (Å²) in [6.07, 6.45) is 10.6. The maximum Gasteiger partial charge on any atom is 0.164 e. The minimum Gasteiger partial charge on any atom is -0.208 e. The Balaban J connectivity index is 1.04. The van der Waals surface area contributed by atoms with Gasteiger partial charge in [-0.15, -0.1) is 0 Å². The molecule has 62 heavy (non-hydrogen) atoms. The SMILES string of the molecule is C=C/C=C1\C(=C/C)C2(c3ccccc3-c3ccccc32)c2c1cccc2-c1ccc(-c2ccc(-c3nc(C(=C/C)/C(=C\C)c4ccccc4)nc(-c4ccccc4)n3)cc2)cc1. The van der Waals surface area contributed by atoms with Crippen molar-refractivity contribution in [1.82, 2.24) is 15.0 Å². The van der Waals surface area contributed by atoms with Gasteiger partial charge in [0.15, 0.2) is 17.5 Å². The lowest BCUT2D eigenvalue weighted by Crippen LogP contribution is -2.26. The molecule has 8 aromatic rings. The van der Waals surface area contributed by atoms with Gasteiger partial charge in [-0.2, -0.15) is 0 Å². The quantitative estimate of drug-likeness (QED) is 0.144. The van der Waals surface area contributed by atoms with Crippen LogP contribution in [0.1, 0.15) is 54.4 Å². The molecule has 1 aromatic heterocycles. The third-order valence-electron chi connectivity index (χ3n) is 12.5. The lowest BCUT2D eigenvalue weighted by atomic mass is 9.68. The fraction of sp³-hybridized carbons (Fsp3) is 0.0678. The van der Waals surface area contributed by atoms with Gasteiger partial charge in [-0.25, -0.2) is 15.0 Å². The van der Waals surface area contributed by atoms with Crippen molar-refractivity contribution in [1.29, 1.82) is 0 Å². The van der Waals surface area contributed by atoms with E-state index < -0.39 is 5.41 Å². The van der Waals surface area contributed by atoms with Gasteiger partial charge in [0, 0.05) is 16.7 Å². The minimum absolute atomic E-state index is 0.448. The third-order valence-corrected chi connectivity index (χ3v) is 12.5. The Morgan fingerprint density at radius 3 is 1.50 bits per heavy atom. The summed E-state index contributed by atoms with van der Waals surface area (Å²) < 4.78 is 0. The van der Waals surface area contributed by atoms with Crippen LogP contribution in [-0.4, -0.2) is 15.0 Å². The summed E-state index contributed by atoms with van der Waals surface area (Å²) in [7, 11) is 0. The molecule has 10 rings (SSSR count). The van der Waals surface area contributed by atoms with Crippen molar-refractivity contribution in [3.05, 3.63) is 252 Å². The van der Waals surface area contributed by atoms with E-state index in [9.17, 15) is 0 Å². The monoisotopic (exact) mass is 795 g/mol. The van der Waals surface area contributed by atoms with Gasteiger partial charge in [-0.05, 0) is 98.7 Å². The van der Waals surface area contributed by atoms with Crippen LogP contribution in [0.15, 0.2) is 218 Å². The second-order valence-electron chi connectivity index (χ2n) is 15.7. The van der Waals surface area contributed by atoms with E-state index in [1.165, 1.54) is 55.7 Å². The lowest BCUT2D eigenvalue weighted by molar-refractivity contribution is 0.795. The number of fused-ring (bicyclic) bond motifs is 7. The van der Waals surface area contributed by atoms with Crippen LogP contribution in [-0.2, 0) is 5.41 Å². The molecule has 0 bridgehead atoms. The maximum atomic E-state index is 5.11. The van der Waals surface area contributed by atoms with E-state index in [1.807, 2.05) is 49.4 Å². The van der Waals surface area contributed by atoms with E-state index in [2.05, 4.69) is 184 Å². The average Bonchev–Trinajstić information content (AvgIpc) is 3.80. The number of benzene rings is 7. The zero-order valence-corrected chi connectivity index (χ0v) is 35.2. The highest BCUT2D eigenvalue weighted by molar-refractivity contribution is 6.04. The third kappa shape index (κ3) is 6.16. The highest BCUT2D eigenvalue weighted by atomic mass is 15.0. The summed E-state index contributed by atoms with van der Waals surface area (Å²) in [5.41, 5.74) is 19.6. The molecular formula is C59H45N3. The number of aromatic nitrogens is 3. The summed E-state index contributed by atoms with van der Waals surface area (Å²) in [5.74, 6) is 1.91. The molecule has 0 aliphatic heterocycles. The van der Waals surface area contributed by atoms with Gasteiger partial charge in [0.1, 0.15) is 0 Å². The molecule has 3 heteroatoms. The number of hydrogen-bond donors (Lipinski definition) is 0. The fourth-order valence-electron chi connectivity index (χ4n) is 9.86. The highest BCUT2D eigenvalue weighted by Gasteiger charge is 2.54. The van der Waals surface area contributed by atoms with Crippen molar-refractivity contribution in [2.24, 2.45) is 0 Å². The van der Waals surface area contributed by atoms with Gasteiger partial charge >= 0.3 is 0 Å². The molecule has 0 fully saturated rings. The van der Waals surface area contributed by atoms with Crippen LogP contribution in [0.3, 0.4) is 0 Å². The second-order valence-corrected chi connectivity index (χ2v) is 15.7. The Morgan fingerprint density at radius 1 is 0.452 bits per heavy atom. The van der Waals surface area contributed by atoms with Crippen LogP contribution in [0.4, 0.5) is 0 Å². The molecule has 3 nitrogen and oxygen atoms in total. The molecule has 1 heterocycles. The Morgan fingerprint density at radius 2 is 0.935 bits per heavy atom. The number of rotatable bonds is 8. The van der Waals surface area contributed by atoms with Crippen LogP contribution < -0.4 is 0 Å². The van der Waals surface area contributed by atoms with Gasteiger partial charge in [0.05, 0.1) is 5.41 Å². The van der Waals surface area contributed by atoms with Crippen LogP contribution in [0.25, 0.3) is 72.9 Å². The predicted molar refractivity (Wildman–Crippen MR) is 259 cm³/mol. The van der Waals surface area contributed by atoms with Gasteiger partial charge in [-0.1, -0.05) is 213 Å². The molecule has 0 unspecified atom stereocenters. The Labute approximate surface area is 364 Å². The minimum atomic E-state index is -0.448. The molecule has 296 valence electrons. The second kappa shape index (κ2) is 16.0. The molecule has 0 atom stereocenters. The van der Waals surface area contributed by atoms with Crippen molar-refractivity contribution >= 4 is 16.7 Å². The number of nitrogens with zero attached hydrogens (tertiary/aromatic N) is 3. The number of hydrogen-bond acceptors (Lipinski definition) is 3. The van der Waals surface area contributed by atoms with E-state index in [0.717, 1.165) is 39.0 Å². The van der Waals surface area contributed by atoms with Gasteiger partial charge in [0.2, 0.25) is 0 Å². The van der Waals surface area contributed by atoms with Crippen molar-refractivity contribution in [3.63, 3.8) is 0 Å². The Bertz CT molecular complexity index is 3080. The summed E-state index contributed by atoms with van der Waals surface area (Å²) in [6.45, 7) is 10.4. The van der Waals surface area contributed by atoms with Crippen LogP contribution in [0, 0.1) is 0 Å². The molecular weight excluding hydrogens is 751 g/mol. The molecule has 2 aliphatic carbocycles. The van der Waals surface area contributed by atoms with Crippen molar-refractivity contribution < 1.29 is 0 Å². The summed E-state index contributed by atoms with van der Waals surface area (Å²) >= 11 is 0. The Hall–Kier alpha value is -7.75. The van der Waals surface area contributed by atoms with Gasteiger partial charge < -0.3 is 0 Å². The Kier molecular flexibility index (Phi) is 9.94. The molecule has 0 radical (unpaired) electrons. The topological polar surface area (TPSA) is 38.7 Å². The summed E-state index contributed by atoms with van der Waals surface area (Å²) in [5, 5.41) is 0. The molecule has 0 amide bonds. The fourth-order valence-corrected chi connectivity index (χ4v) is 9.86. The molecule has 0 saturated carbocycles. The van der Waals surface area contributed by atoms with E-state index >= 15 is 0 Å². The summed E-state index contributed by atoms with van der Waals surface area (Å²) in [6, 6.07) is 62.8. The first-order valence-corrected chi connectivity index (χ1v) is 21.3. The van der Waals surface area contributed by atoms with Crippen LogP contribution >= 0.6 is 0 Å². The molecule has 0 saturated heterocycles. The standard InChI is InChI=1S/C59H45N3/c1-5-20-48-51-28-19-27-47(55(51)59(52(48)8-4)53-29-17-15-25-49(53)50-26-16-18-30-54(50)59)42-35-31-39(32-36-42)40-33-37-44(38-34-40)57-60-56(43-23-13-10-14-24-43)61-58(62-57)46(7-3)45(6-2)41-21-11-9-12-22-41/h5-38H,1H2,2-4H3/b45-6-,46-7+,48-20-,52-8+. The van der Waals surface area contributed by atoms with E-state index in [0.29, 0.717) is 17.5 Å². The van der Waals surface area contributed by atoms with E-state index in [4.69, 9.17) is 15.0 Å². The smallest absolute Gasteiger partial charge is 0.164 e. The normalized spacial score (nSPS) is 15.1. The first kappa shape index (κ1) is 38.5. The molecule has 1 spiro atoms.